The molecule has 7 aromatic rings. The highest BCUT2D eigenvalue weighted by Gasteiger charge is 2.37. The Bertz CT molecular complexity index is 2050. The van der Waals surface area contributed by atoms with Crippen LogP contribution in [-0.4, -0.2) is 4.98 Å². The molecule has 3 nitrogen and oxygen atoms in total. The molecule has 0 atom stereocenters. The number of anilines is 6. The van der Waals surface area contributed by atoms with Crippen LogP contribution in [0, 0.1) is 0 Å². The van der Waals surface area contributed by atoms with Crippen molar-refractivity contribution in [2.24, 2.45) is 0 Å². The van der Waals surface area contributed by atoms with Crippen LogP contribution in [0.25, 0.3) is 22.4 Å². The van der Waals surface area contributed by atoms with E-state index in [4.69, 9.17) is 0 Å². The quantitative estimate of drug-likeness (QED) is 0.188. The number of hydrogen-bond donors (Lipinski definition) is 0. The summed E-state index contributed by atoms with van der Waals surface area (Å²) in [6, 6.07) is 60.7. The number of rotatable bonds is 6. The van der Waals surface area contributed by atoms with Crippen molar-refractivity contribution in [1.82, 2.24) is 4.98 Å². The molecule has 0 amide bonds. The summed E-state index contributed by atoms with van der Waals surface area (Å²) in [5, 5.41) is 0. The van der Waals surface area contributed by atoms with E-state index in [1.54, 1.807) is 0 Å². The predicted octanol–water partition coefficient (Wildman–Crippen LogP) is 12.0. The second-order valence-electron chi connectivity index (χ2n) is 12.5. The summed E-state index contributed by atoms with van der Waals surface area (Å²) in [6.45, 7) is 4.67. The van der Waals surface area contributed by atoms with Crippen LogP contribution in [0.2, 0.25) is 0 Å². The van der Waals surface area contributed by atoms with Gasteiger partial charge in [-0.2, -0.15) is 0 Å². The zero-order chi connectivity index (χ0) is 31.8. The van der Waals surface area contributed by atoms with Crippen molar-refractivity contribution in [1.29, 1.82) is 0 Å². The lowest BCUT2D eigenvalue weighted by Gasteiger charge is -2.42. The Kier molecular flexibility index (Phi) is 7.15. The molecule has 0 bridgehead atoms. The molecule has 1 aliphatic rings. The van der Waals surface area contributed by atoms with Crippen molar-refractivity contribution in [2.45, 2.75) is 19.3 Å². The maximum Gasteiger partial charge on any atom is 0.0701 e. The van der Waals surface area contributed by atoms with Crippen LogP contribution in [-0.2, 0) is 5.41 Å². The van der Waals surface area contributed by atoms with Gasteiger partial charge in [-0.05, 0) is 89.0 Å². The lowest BCUT2D eigenvalue weighted by Crippen LogP contribution is -2.30. The van der Waals surface area contributed by atoms with Crippen LogP contribution >= 0.6 is 0 Å². The van der Waals surface area contributed by atoms with Crippen molar-refractivity contribution in [3.63, 3.8) is 0 Å². The van der Waals surface area contributed by atoms with Crippen LogP contribution in [0.1, 0.15) is 25.0 Å². The van der Waals surface area contributed by atoms with Crippen molar-refractivity contribution in [3.8, 4) is 22.4 Å². The molecule has 8 rings (SSSR count). The minimum atomic E-state index is -0.164. The van der Waals surface area contributed by atoms with E-state index < -0.39 is 0 Å². The van der Waals surface area contributed by atoms with Crippen LogP contribution in [0.4, 0.5) is 34.1 Å². The maximum absolute atomic E-state index is 4.58. The number of aromatic nitrogens is 1. The first-order valence-corrected chi connectivity index (χ1v) is 16.1. The van der Waals surface area contributed by atoms with Gasteiger partial charge in [-0.25, -0.2) is 0 Å². The molecule has 0 spiro atoms. The molecule has 0 saturated carbocycles. The zero-order valence-corrected chi connectivity index (χ0v) is 26.6. The highest BCUT2D eigenvalue weighted by atomic mass is 15.2. The third-order valence-corrected chi connectivity index (χ3v) is 9.31. The van der Waals surface area contributed by atoms with Gasteiger partial charge in [0, 0.05) is 39.9 Å². The van der Waals surface area contributed by atoms with Gasteiger partial charge < -0.3 is 9.80 Å². The lowest BCUT2D eigenvalue weighted by atomic mass is 9.73. The molecular weight excluding hydrogens is 571 g/mol. The smallest absolute Gasteiger partial charge is 0.0701 e. The second-order valence-corrected chi connectivity index (χ2v) is 12.5. The van der Waals surface area contributed by atoms with Gasteiger partial charge in [-0.15, -0.1) is 0 Å². The van der Waals surface area contributed by atoms with E-state index in [0.29, 0.717) is 0 Å². The summed E-state index contributed by atoms with van der Waals surface area (Å²) in [6.07, 6.45) is 1.84. The summed E-state index contributed by atoms with van der Waals surface area (Å²) in [5.41, 5.74) is 13.7. The van der Waals surface area contributed by atoms with Crippen molar-refractivity contribution in [3.05, 3.63) is 187 Å². The molecule has 3 heteroatoms. The first kappa shape index (κ1) is 28.5. The Hall–Kier alpha value is -5.93. The van der Waals surface area contributed by atoms with Crippen molar-refractivity contribution < 1.29 is 0 Å². The van der Waals surface area contributed by atoms with E-state index in [2.05, 4.69) is 186 Å². The topological polar surface area (TPSA) is 19.4 Å². The normalized spacial score (nSPS) is 13.0. The fourth-order valence-corrected chi connectivity index (χ4v) is 6.90. The fourth-order valence-electron chi connectivity index (χ4n) is 6.90. The molecule has 1 aromatic heterocycles. The molecule has 47 heavy (non-hydrogen) atoms. The fraction of sp³-hybridized carbons (Fsp3) is 0.0682. The molecule has 0 saturated heterocycles. The van der Waals surface area contributed by atoms with Gasteiger partial charge in [0.2, 0.25) is 0 Å². The summed E-state index contributed by atoms with van der Waals surface area (Å²) >= 11 is 0. The van der Waals surface area contributed by atoms with E-state index in [0.717, 1.165) is 34.0 Å². The van der Waals surface area contributed by atoms with E-state index in [1.165, 1.54) is 33.6 Å². The van der Waals surface area contributed by atoms with Crippen LogP contribution in [0.15, 0.2) is 176 Å². The van der Waals surface area contributed by atoms with Crippen LogP contribution in [0.3, 0.4) is 0 Å². The first-order chi connectivity index (χ1) is 23.1. The summed E-state index contributed by atoms with van der Waals surface area (Å²) < 4.78 is 0. The molecule has 0 radical (unpaired) electrons. The Morgan fingerprint density at radius 3 is 1.70 bits per heavy atom. The third-order valence-electron chi connectivity index (χ3n) is 9.31. The Morgan fingerprint density at radius 2 is 1.02 bits per heavy atom. The second kappa shape index (κ2) is 11.8. The zero-order valence-electron chi connectivity index (χ0n) is 26.6. The average Bonchev–Trinajstić information content (AvgIpc) is 3.14. The van der Waals surface area contributed by atoms with Crippen molar-refractivity contribution >= 4 is 34.1 Å². The molecule has 6 aromatic carbocycles. The minimum Gasteiger partial charge on any atom is -0.310 e. The average molecular weight is 606 g/mol. The number of hydrogen-bond acceptors (Lipinski definition) is 3. The molecule has 0 aliphatic carbocycles. The van der Waals surface area contributed by atoms with E-state index >= 15 is 0 Å². The lowest BCUT2D eigenvalue weighted by molar-refractivity contribution is 0.632. The Balaban J connectivity index is 1.29. The van der Waals surface area contributed by atoms with Crippen molar-refractivity contribution in [2.75, 3.05) is 9.80 Å². The number of benzene rings is 6. The van der Waals surface area contributed by atoms with Gasteiger partial charge in [0.05, 0.1) is 17.1 Å². The summed E-state index contributed by atoms with van der Waals surface area (Å²) in [4.78, 5) is 9.35. The van der Waals surface area contributed by atoms with Gasteiger partial charge >= 0.3 is 0 Å². The highest BCUT2D eigenvalue weighted by Crippen LogP contribution is 2.53. The number of pyridine rings is 1. The molecule has 2 heterocycles. The molecule has 0 N–H and O–H groups in total. The largest absolute Gasteiger partial charge is 0.310 e. The molecule has 1 aliphatic heterocycles. The molecule has 0 unspecified atom stereocenters. The van der Waals surface area contributed by atoms with Gasteiger partial charge in [0.1, 0.15) is 0 Å². The molecule has 0 fully saturated rings. The first-order valence-electron chi connectivity index (χ1n) is 16.1. The standard InChI is InChI=1S/C44H35N3/c1-44(2)39-17-9-10-19-42(39)47(35-15-7-4-8-16-35)43-31-38(28-29-40(43)44)46(36-24-20-33(21-25-36)32-13-5-3-6-14-32)37-26-22-34(23-27-37)41-18-11-12-30-45-41/h3-31H,1-2H3. The minimum absolute atomic E-state index is 0.164. The number of nitrogens with zero attached hydrogens (tertiary/aromatic N) is 3. The molecule has 226 valence electrons. The third kappa shape index (κ3) is 5.16. The van der Waals surface area contributed by atoms with E-state index in [1.807, 2.05) is 18.3 Å². The van der Waals surface area contributed by atoms with Gasteiger partial charge in [0.15, 0.2) is 0 Å². The summed E-state index contributed by atoms with van der Waals surface area (Å²) in [5.74, 6) is 0. The van der Waals surface area contributed by atoms with Crippen LogP contribution in [0.5, 0.6) is 0 Å². The van der Waals surface area contributed by atoms with E-state index in [-0.39, 0.29) is 5.41 Å². The van der Waals surface area contributed by atoms with Crippen LogP contribution < -0.4 is 9.80 Å². The Labute approximate surface area is 277 Å². The number of fused-ring (bicyclic) bond motifs is 2. The predicted molar refractivity (Wildman–Crippen MR) is 197 cm³/mol. The van der Waals surface area contributed by atoms with Gasteiger partial charge in [-0.3, -0.25) is 4.98 Å². The highest BCUT2D eigenvalue weighted by molar-refractivity contribution is 5.89. The summed E-state index contributed by atoms with van der Waals surface area (Å²) in [7, 11) is 0. The molecular formula is C44H35N3. The van der Waals surface area contributed by atoms with E-state index in [9.17, 15) is 0 Å². The Morgan fingerprint density at radius 1 is 0.468 bits per heavy atom. The maximum atomic E-state index is 4.58. The number of para-hydroxylation sites is 2. The van der Waals surface area contributed by atoms with Gasteiger partial charge in [-0.1, -0.05) is 117 Å². The SMILES string of the molecule is CC1(C)c2ccccc2N(c2ccccc2)c2cc(N(c3ccc(-c4ccccc4)cc3)c3ccc(-c4ccccn4)cc3)ccc21. The van der Waals surface area contributed by atoms with Gasteiger partial charge in [0.25, 0.3) is 0 Å². The monoisotopic (exact) mass is 605 g/mol.